The van der Waals surface area contributed by atoms with Gasteiger partial charge < -0.3 is 104 Å². The number of ether oxygens (including phenoxy) is 8. The average Bonchev–Trinajstić information content (AvgIpc) is 3.34. The van der Waals surface area contributed by atoms with Crippen molar-refractivity contribution in [3.05, 3.63) is 11.6 Å². The molecule has 4 heterocycles. The molecule has 0 radical (unpaired) electrons. The molecule has 4 saturated heterocycles. The molecule has 428 valence electrons. The van der Waals surface area contributed by atoms with Crippen molar-refractivity contribution in [1.29, 1.82) is 0 Å². The summed E-state index contributed by atoms with van der Waals surface area (Å²) < 4.78 is 46.8. The number of esters is 1. The molecule has 0 aromatic heterocycles. The SMILES string of the molecule is CC1(C)CC[C@]2(C(=O)O[C@@H]3O[C@H](CO)[C@@H](O)[C@H](O)[C@H]3O)[C@H](O)C[C@]3(C)C(=CC[C@@H]4[C@@]5(C)CC[C@H](O[C@@H]6O[C@H](C(=O)O)[C@@H](O)[C@H](O[C@@H]7OC[C@H](O)[C@H](O)[C@H]7O[C@@H]7OC[C@H](O)[C@H](O)[C@H]7O)[C@H]6O)C(C)(C)[C@@H]5CC[C@]43C)[C@@H]2C1. The Bertz CT molecular complexity index is 2120. The van der Waals surface area contributed by atoms with Gasteiger partial charge in [-0.25, -0.2) is 4.79 Å². The van der Waals surface area contributed by atoms with Crippen molar-refractivity contribution in [2.45, 2.75) is 229 Å². The molecule has 0 bridgehead atoms. The summed E-state index contributed by atoms with van der Waals surface area (Å²) in [5.41, 5.74) is -2.51. The smallest absolute Gasteiger partial charge is 0.335 e. The number of carbonyl (C=O) groups is 2. The van der Waals surface area contributed by atoms with Gasteiger partial charge in [0.1, 0.15) is 84.8 Å². The Balaban J connectivity index is 0.946. The van der Waals surface area contributed by atoms with E-state index in [1.807, 2.05) is 0 Å². The van der Waals surface area contributed by atoms with Gasteiger partial charge in [0.15, 0.2) is 25.0 Å². The van der Waals surface area contributed by atoms with Crippen LogP contribution in [0, 0.1) is 50.2 Å². The van der Waals surface area contributed by atoms with Crippen molar-refractivity contribution >= 4 is 11.9 Å². The summed E-state index contributed by atoms with van der Waals surface area (Å²) in [4.78, 5) is 27.4. The zero-order valence-corrected chi connectivity index (χ0v) is 43.7. The molecule has 27 atom stereocenters. The number of carboxylic acids is 1. The molecule has 9 aliphatic rings. The van der Waals surface area contributed by atoms with Crippen molar-refractivity contribution in [1.82, 2.24) is 0 Å². The first-order valence-electron chi connectivity index (χ1n) is 26.7. The van der Waals surface area contributed by atoms with Crippen LogP contribution < -0.4 is 0 Å². The van der Waals surface area contributed by atoms with Gasteiger partial charge in [-0.05, 0) is 103 Å². The van der Waals surface area contributed by atoms with Crippen molar-refractivity contribution < 1.29 is 114 Å². The van der Waals surface area contributed by atoms with Gasteiger partial charge in [0.25, 0.3) is 0 Å². The predicted octanol–water partition coefficient (Wildman–Crippen LogP) is -1.69. The van der Waals surface area contributed by atoms with E-state index in [2.05, 4.69) is 54.5 Å². The lowest BCUT2D eigenvalue weighted by atomic mass is 9.33. The number of rotatable bonds is 10. The summed E-state index contributed by atoms with van der Waals surface area (Å²) in [6, 6.07) is 0. The molecule has 8 fully saturated rings. The average molecular weight is 1080 g/mol. The summed E-state index contributed by atoms with van der Waals surface area (Å²) in [5.74, 6) is -2.75. The van der Waals surface area contributed by atoms with Crippen LogP contribution in [0.4, 0.5) is 0 Å². The Labute approximate surface area is 435 Å². The van der Waals surface area contributed by atoms with Gasteiger partial charge in [-0.2, -0.15) is 0 Å². The number of carbonyl (C=O) groups excluding carboxylic acids is 1. The van der Waals surface area contributed by atoms with Crippen LogP contribution in [0.3, 0.4) is 0 Å². The van der Waals surface area contributed by atoms with E-state index in [1.165, 1.54) is 0 Å². The lowest BCUT2D eigenvalue weighted by Gasteiger charge is -2.71. The highest BCUT2D eigenvalue weighted by molar-refractivity contribution is 5.80. The van der Waals surface area contributed by atoms with Gasteiger partial charge >= 0.3 is 11.9 Å². The quantitative estimate of drug-likeness (QED) is 0.0659. The minimum absolute atomic E-state index is 0.00204. The summed E-state index contributed by atoms with van der Waals surface area (Å²) in [6.45, 7) is 13.6. The summed E-state index contributed by atoms with van der Waals surface area (Å²) in [5, 5.41) is 140. The van der Waals surface area contributed by atoms with Crippen LogP contribution >= 0.6 is 0 Å². The number of aliphatic carboxylic acids is 1. The molecule has 4 saturated carbocycles. The van der Waals surface area contributed by atoms with E-state index in [9.17, 15) is 76.0 Å². The zero-order chi connectivity index (χ0) is 54.9. The van der Waals surface area contributed by atoms with Crippen LogP contribution in [0.15, 0.2) is 11.6 Å². The highest BCUT2D eigenvalue weighted by Crippen LogP contribution is 2.76. The second-order valence-corrected chi connectivity index (χ2v) is 25.5. The minimum atomic E-state index is -2.03. The number of fused-ring (bicyclic) bond motifs is 7. The Kier molecular flexibility index (Phi) is 15.7. The molecule has 0 amide bonds. The topological polar surface area (TPSA) is 371 Å². The Hall–Kier alpha value is -2.08. The first-order chi connectivity index (χ1) is 35.0. The van der Waals surface area contributed by atoms with E-state index >= 15 is 0 Å². The molecule has 4 aliphatic heterocycles. The number of hydrogen-bond donors (Lipinski definition) is 13. The van der Waals surface area contributed by atoms with Crippen LogP contribution in [-0.4, -0.2) is 221 Å². The number of hydrogen-bond acceptors (Lipinski definition) is 22. The largest absolute Gasteiger partial charge is 0.479 e. The Morgan fingerprint density at radius 1 is 0.627 bits per heavy atom. The Morgan fingerprint density at radius 3 is 1.93 bits per heavy atom. The number of aliphatic hydroxyl groups excluding tert-OH is 12. The summed E-state index contributed by atoms with van der Waals surface area (Å²) in [7, 11) is 0. The monoisotopic (exact) mass is 1070 g/mol. The van der Waals surface area contributed by atoms with Gasteiger partial charge in [-0.1, -0.05) is 60.1 Å². The van der Waals surface area contributed by atoms with E-state index in [0.29, 0.717) is 38.5 Å². The third-order valence-corrected chi connectivity index (χ3v) is 20.6. The second kappa shape index (κ2) is 20.5. The fourth-order valence-corrected chi connectivity index (χ4v) is 16.0. The standard InChI is InChI=1S/C52H82O23/c1-47(2)14-15-52(46(67)75-43-35(62)33(60)32(59)25(18-53)70-43)22(16-47)21-8-9-27-49(5)12-11-29(48(3,4)26(49)10-13-50(27,6)51(21,7)17-28(52)56)71-44-37(64)38(36(63)39(73-44)41(65)66)72-45-40(31(58)24(55)20-69-45)74-42-34(61)30(57)23(54)19-68-42/h8,22-40,42-45,53-64H,9-20H2,1-7H3,(H,65,66)/t22-,23-,24-,25+,26-,27+,28+,29-,30-,31-,32+,33-,34+,35+,36-,37+,38-,39-,40+,42-,43-,44+,45-,49-,50+,51+,52+/m0/s1. The third-order valence-electron chi connectivity index (χ3n) is 20.6. The highest BCUT2D eigenvalue weighted by atomic mass is 16.8. The molecule has 23 heteroatoms. The van der Waals surface area contributed by atoms with Gasteiger partial charge in [0.2, 0.25) is 6.29 Å². The molecule has 0 aromatic rings. The maximum Gasteiger partial charge on any atom is 0.335 e. The molecule has 9 rings (SSSR count). The van der Waals surface area contributed by atoms with Crippen molar-refractivity contribution in [3.8, 4) is 0 Å². The van der Waals surface area contributed by atoms with Crippen LogP contribution in [0.2, 0.25) is 0 Å². The molecule has 5 aliphatic carbocycles. The number of aliphatic hydroxyl groups is 12. The molecular formula is C52H82O23. The molecular weight excluding hydrogens is 993 g/mol. The zero-order valence-electron chi connectivity index (χ0n) is 43.7. The van der Waals surface area contributed by atoms with Gasteiger partial charge in [0.05, 0.1) is 32.0 Å². The van der Waals surface area contributed by atoms with Crippen molar-refractivity contribution in [3.63, 3.8) is 0 Å². The fourth-order valence-electron chi connectivity index (χ4n) is 16.0. The Morgan fingerprint density at radius 2 is 1.27 bits per heavy atom. The first kappa shape index (κ1) is 57.6. The molecule has 0 aromatic carbocycles. The van der Waals surface area contributed by atoms with E-state index in [-0.39, 0.29) is 29.1 Å². The minimum Gasteiger partial charge on any atom is -0.479 e. The molecule has 0 unspecified atom stereocenters. The maximum atomic E-state index is 14.8. The fraction of sp³-hybridized carbons (Fsp3) is 0.923. The van der Waals surface area contributed by atoms with Crippen molar-refractivity contribution in [2.24, 2.45) is 50.2 Å². The van der Waals surface area contributed by atoms with Gasteiger partial charge in [0, 0.05) is 0 Å². The van der Waals surface area contributed by atoms with Crippen LogP contribution in [0.1, 0.15) is 106 Å². The molecule has 0 spiro atoms. The van der Waals surface area contributed by atoms with Gasteiger partial charge in [-0.3, -0.25) is 4.79 Å². The first-order valence-corrected chi connectivity index (χ1v) is 26.7. The lowest BCUT2D eigenvalue weighted by molar-refractivity contribution is -0.375. The van der Waals surface area contributed by atoms with Crippen LogP contribution in [0.25, 0.3) is 0 Å². The van der Waals surface area contributed by atoms with Crippen LogP contribution in [-0.2, 0) is 47.5 Å². The van der Waals surface area contributed by atoms with Crippen molar-refractivity contribution in [2.75, 3.05) is 19.8 Å². The normalized spacial score (nSPS) is 53.5. The third kappa shape index (κ3) is 9.25. The van der Waals surface area contributed by atoms with E-state index < -0.39 is 182 Å². The predicted molar refractivity (Wildman–Crippen MR) is 253 cm³/mol. The molecule has 75 heavy (non-hydrogen) atoms. The van der Waals surface area contributed by atoms with E-state index in [1.54, 1.807) is 0 Å². The maximum absolute atomic E-state index is 14.8. The number of allylic oxidation sites excluding steroid dienone is 2. The second-order valence-electron chi connectivity index (χ2n) is 25.5. The van der Waals surface area contributed by atoms with E-state index in [0.717, 1.165) is 18.4 Å². The summed E-state index contributed by atoms with van der Waals surface area (Å²) in [6.07, 6.45) is -25.6. The molecule has 13 N–H and O–H groups in total. The highest BCUT2D eigenvalue weighted by Gasteiger charge is 2.72. The summed E-state index contributed by atoms with van der Waals surface area (Å²) >= 11 is 0. The lowest BCUT2D eigenvalue weighted by Crippen LogP contribution is -2.68. The number of carboxylic acid groups (broad SMARTS) is 1. The van der Waals surface area contributed by atoms with Gasteiger partial charge in [-0.15, -0.1) is 0 Å². The van der Waals surface area contributed by atoms with Crippen LogP contribution in [0.5, 0.6) is 0 Å². The molecule has 23 nitrogen and oxygen atoms in total. The van der Waals surface area contributed by atoms with E-state index in [4.69, 9.17) is 37.9 Å².